The van der Waals surface area contributed by atoms with E-state index in [1.54, 1.807) is 7.11 Å². The first-order chi connectivity index (χ1) is 16.7. The second-order valence-corrected chi connectivity index (χ2v) is 10.8. The van der Waals surface area contributed by atoms with Gasteiger partial charge in [0.05, 0.1) is 34.4 Å². The molecule has 172 valence electrons. The minimum atomic E-state index is -0.0610. The molecule has 2 aromatic carbocycles. The molecule has 1 aliphatic rings. The zero-order valence-corrected chi connectivity index (χ0v) is 20.4. The molecule has 5 aromatic rings. The average Bonchev–Trinajstić information content (AvgIpc) is 3.49. The van der Waals surface area contributed by atoms with Crippen LogP contribution in [0.5, 0.6) is 5.75 Å². The lowest BCUT2D eigenvalue weighted by Crippen LogP contribution is -2.33. The predicted molar refractivity (Wildman–Crippen MR) is 139 cm³/mol. The van der Waals surface area contributed by atoms with Crippen LogP contribution in [0.15, 0.2) is 59.4 Å². The quantitative estimate of drug-likeness (QED) is 0.346. The molecule has 0 atom stereocenters. The molecule has 34 heavy (non-hydrogen) atoms. The Morgan fingerprint density at radius 2 is 1.82 bits per heavy atom. The first kappa shape index (κ1) is 21.5. The fourth-order valence-corrected chi connectivity index (χ4v) is 6.71. The summed E-state index contributed by atoms with van der Waals surface area (Å²) < 4.78 is 7.18. The highest BCUT2D eigenvalue weighted by Crippen LogP contribution is 2.34. The van der Waals surface area contributed by atoms with Crippen molar-refractivity contribution in [3.8, 4) is 16.2 Å². The van der Waals surface area contributed by atoms with Gasteiger partial charge in [-0.15, -0.1) is 22.7 Å². The first-order valence-electron chi connectivity index (χ1n) is 11.4. The van der Waals surface area contributed by atoms with Gasteiger partial charge in [0.15, 0.2) is 0 Å². The van der Waals surface area contributed by atoms with E-state index in [1.807, 2.05) is 47.7 Å². The maximum absolute atomic E-state index is 12.8. The van der Waals surface area contributed by atoms with Gasteiger partial charge in [-0.25, -0.2) is 9.97 Å². The number of rotatable bonds is 5. The van der Waals surface area contributed by atoms with Gasteiger partial charge in [0.25, 0.3) is 5.56 Å². The number of ether oxygens (including phenoxy) is 1. The molecule has 4 heterocycles. The number of thiazole rings is 1. The van der Waals surface area contributed by atoms with E-state index >= 15 is 0 Å². The summed E-state index contributed by atoms with van der Waals surface area (Å²) in [5.74, 6) is 2.05. The Balaban J connectivity index is 1.16. The number of H-pyrrole nitrogens is 1. The third-order valence-corrected chi connectivity index (χ3v) is 8.80. The van der Waals surface area contributed by atoms with E-state index in [0.717, 1.165) is 59.0 Å². The number of benzene rings is 2. The molecule has 8 heteroatoms. The van der Waals surface area contributed by atoms with Gasteiger partial charge < -0.3 is 9.72 Å². The summed E-state index contributed by atoms with van der Waals surface area (Å²) in [6.07, 6.45) is 2.15. The molecule has 6 nitrogen and oxygen atoms in total. The number of fused-ring (bicyclic) bond motifs is 2. The Morgan fingerprint density at radius 3 is 2.59 bits per heavy atom. The van der Waals surface area contributed by atoms with Gasteiger partial charge in [-0.1, -0.05) is 12.1 Å². The van der Waals surface area contributed by atoms with E-state index in [1.165, 1.54) is 21.0 Å². The highest BCUT2D eigenvalue weighted by molar-refractivity contribution is 7.22. The molecule has 0 spiro atoms. The van der Waals surface area contributed by atoms with Crippen LogP contribution in [0.3, 0.4) is 0 Å². The van der Waals surface area contributed by atoms with E-state index in [-0.39, 0.29) is 5.56 Å². The van der Waals surface area contributed by atoms with Crippen LogP contribution >= 0.6 is 22.7 Å². The van der Waals surface area contributed by atoms with Crippen molar-refractivity contribution in [1.29, 1.82) is 0 Å². The van der Waals surface area contributed by atoms with Crippen LogP contribution in [-0.2, 0) is 6.54 Å². The van der Waals surface area contributed by atoms with Crippen LogP contribution in [-0.4, -0.2) is 40.1 Å². The van der Waals surface area contributed by atoms with Gasteiger partial charge in [0.2, 0.25) is 0 Å². The van der Waals surface area contributed by atoms with Gasteiger partial charge >= 0.3 is 0 Å². The van der Waals surface area contributed by atoms with Crippen molar-refractivity contribution in [3.63, 3.8) is 0 Å². The Morgan fingerprint density at radius 1 is 1.03 bits per heavy atom. The highest BCUT2D eigenvalue weighted by atomic mass is 32.1. The van der Waals surface area contributed by atoms with Crippen molar-refractivity contribution in [2.45, 2.75) is 25.3 Å². The number of hydrogen-bond donors (Lipinski definition) is 1. The summed E-state index contributed by atoms with van der Waals surface area (Å²) in [4.78, 5) is 28.9. The van der Waals surface area contributed by atoms with E-state index in [0.29, 0.717) is 17.2 Å². The molecule has 0 bridgehead atoms. The summed E-state index contributed by atoms with van der Waals surface area (Å²) in [6.45, 7) is 2.61. The third-order valence-electron chi connectivity index (χ3n) is 6.43. The zero-order valence-electron chi connectivity index (χ0n) is 18.8. The van der Waals surface area contributed by atoms with Crippen LogP contribution < -0.4 is 10.3 Å². The van der Waals surface area contributed by atoms with Gasteiger partial charge in [-0.3, -0.25) is 9.69 Å². The number of aromatic amines is 1. The maximum Gasteiger partial charge on any atom is 0.268 e. The van der Waals surface area contributed by atoms with E-state index in [9.17, 15) is 4.79 Å². The zero-order chi connectivity index (χ0) is 23.1. The second kappa shape index (κ2) is 8.94. The minimum absolute atomic E-state index is 0.0610. The molecule has 1 saturated heterocycles. The van der Waals surface area contributed by atoms with Crippen molar-refractivity contribution >= 4 is 43.1 Å². The lowest BCUT2D eigenvalue weighted by molar-refractivity contribution is 0.200. The Labute approximate surface area is 204 Å². The smallest absolute Gasteiger partial charge is 0.268 e. The van der Waals surface area contributed by atoms with Crippen LogP contribution in [0.4, 0.5) is 0 Å². The maximum atomic E-state index is 12.8. The van der Waals surface area contributed by atoms with Crippen LogP contribution in [0.1, 0.15) is 29.6 Å². The summed E-state index contributed by atoms with van der Waals surface area (Å²) in [7, 11) is 1.66. The normalized spacial score (nSPS) is 15.3. The molecule has 0 saturated carbocycles. The monoisotopic (exact) mass is 488 g/mol. The second-order valence-electron chi connectivity index (χ2n) is 8.64. The highest BCUT2D eigenvalue weighted by Gasteiger charge is 2.24. The first-order valence-corrected chi connectivity index (χ1v) is 13.0. The number of methoxy groups -OCH3 is 1. The largest absolute Gasteiger partial charge is 0.497 e. The molecule has 1 aliphatic heterocycles. The number of hydrogen-bond acceptors (Lipinski definition) is 7. The molecule has 0 unspecified atom stereocenters. The fraction of sp³-hybridized carbons (Fsp3) is 0.269. The summed E-state index contributed by atoms with van der Waals surface area (Å²) in [5.41, 5.74) is 2.86. The molecule has 0 amide bonds. The summed E-state index contributed by atoms with van der Waals surface area (Å²) in [5, 5.41) is 1.25. The number of likely N-dealkylation sites (tertiary alicyclic amines) is 1. The molecule has 1 N–H and O–H groups in total. The standard InChI is InChI=1S/C26H24N4O2S2/c1-32-18-8-6-16(7-9-18)22-14-20-24(33-22)25(31)29-23(27-20)15-30-12-10-17(11-13-30)26-28-19-4-2-3-5-21(19)34-26/h2-9,14,17H,10-13,15H2,1H3,(H,27,29,31). The van der Waals surface area contributed by atoms with Crippen molar-refractivity contribution in [2.75, 3.05) is 20.2 Å². The lowest BCUT2D eigenvalue weighted by Gasteiger charge is -2.30. The lowest BCUT2D eigenvalue weighted by atomic mass is 9.97. The topological polar surface area (TPSA) is 71.1 Å². The Kier molecular flexibility index (Phi) is 5.64. The van der Waals surface area contributed by atoms with E-state index in [2.05, 4.69) is 28.1 Å². The van der Waals surface area contributed by atoms with E-state index < -0.39 is 0 Å². The molecular weight excluding hydrogens is 464 g/mol. The predicted octanol–water partition coefficient (Wildman–Crippen LogP) is 5.65. The van der Waals surface area contributed by atoms with Crippen molar-refractivity contribution in [2.24, 2.45) is 0 Å². The van der Waals surface area contributed by atoms with Gasteiger partial charge in [-0.2, -0.15) is 0 Å². The van der Waals surface area contributed by atoms with Crippen LogP contribution in [0.2, 0.25) is 0 Å². The molecule has 0 radical (unpaired) electrons. The van der Waals surface area contributed by atoms with Gasteiger partial charge in [0.1, 0.15) is 16.3 Å². The van der Waals surface area contributed by atoms with E-state index in [4.69, 9.17) is 14.7 Å². The number of nitrogens with zero attached hydrogens (tertiary/aromatic N) is 3. The molecule has 6 rings (SSSR count). The summed E-state index contributed by atoms with van der Waals surface area (Å²) >= 11 is 3.30. The third kappa shape index (κ3) is 4.13. The number of para-hydroxylation sites is 1. The fourth-order valence-electron chi connectivity index (χ4n) is 4.58. The average molecular weight is 489 g/mol. The Hall–Kier alpha value is -3.07. The van der Waals surface area contributed by atoms with Crippen molar-refractivity contribution < 1.29 is 4.74 Å². The van der Waals surface area contributed by atoms with Crippen LogP contribution in [0.25, 0.3) is 30.9 Å². The van der Waals surface area contributed by atoms with Gasteiger partial charge in [-0.05, 0) is 74.0 Å². The number of thiophene rings is 1. The summed E-state index contributed by atoms with van der Waals surface area (Å²) in [6, 6.07) is 18.3. The molecular formula is C26H24N4O2S2. The minimum Gasteiger partial charge on any atom is -0.497 e. The molecule has 0 aliphatic carbocycles. The number of nitrogens with one attached hydrogen (secondary N) is 1. The molecule has 3 aromatic heterocycles. The van der Waals surface area contributed by atoms with Crippen molar-refractivity contribution in [1.82, 2.24) is 19.9 Å². The number of piperidine rings is 1. The molecule has 1 fully saturated rings. The number of aromatic nitrogens is 3. The van der Waals surface area contributed by atoms with Crippen molar-refractivity contribution in [3.05, 3.63) is 75.8 Å². The Bertz CT molecular complexity index is 1480. The SMILES string of the molecule is COc1ccc(-c2cc3nc(CN4CCC(c5nc6ccccc6s5)CC4)[nH]c(=O)c3s2)cc1. The van der Waals surface area contributed by atoms with Crippen LogP contribution in [0, 0.1) is 0 Å². The van der Waals surface area contributed by atoms with Gasteiger partial charge in [0, 0.05) is 10.8 Å².